The largest absolute Gasteiger partial charge is 0.369 e. The summed E-state index contributed by atoms with van der Waals surface area (Å²) in [5, 5.41) is 3.29. The van der Waals surface area contributed by atoms with Gasteiger partial charge in [0.05, 0.1) is 4.47 Å². The highest BCUT2D eigenvalue weighted by atomic mass is 79.9. The highest BCUT2D eigenvalue weighted by Gasteiger charge is 2.01. The first-order chi connectivity index (χ1) is 6.59. The summed E-state index contributed by atoms with van der Waals surface area (Å²) in [5.41, 5.74) is 0. The molecule has 0 saturated carbocycles. The summed E-state index contributed by atoms with van der Waals surface area (Å²) in [6.45, 7) is 5.39. The lowest BCUT2D eigenvalue weighted by Gasteiger charge is -2.08. The monoisotopic (exact) mass is 320 g/mol. The van der Waals surface area contributed by atoms with Crippen LogP contribution in [0.4, 0.5) is 5.82 Å². The van der Waals surface area contributed by atoms with Gasteiger partial charge in [-0.25, -0.2) is 4.98 Å². The number of hydrogen-bond donors (Lipinski definition) is 1. The average Bonchev–Trinajstić information content (AvgIpc) is 2.08. The summed E-state index contributed by atoms with van der Waals surface area (Å²) in [6.07, 6.45) is 2.95. The molecule has 0 aromatic carbocycles. The van der Waals surface area contributed by atoms with E-state index in [0.29, 0.717) is 0 Å². The molecular weight excluding hydrogens is 308 g/mol. The van der Waals surface area contributed by atoms with Gasteiger partial charge in [-0.15, -0.1) is 0 Å². The Kier molecular flexibility index (Phi) is 4.89. The molecule has 0 aliphatic carbocycles. The summed E-state index contributed by atoms with van der Waals surface area (Å²) >= 11 is 6.83. The molecule has 1 N–H and O–H groups in total. The number of halogens is 2. The van der Waals surface area contributed by atoms with E-state index >= 15 is 0 Å². The van der Waals surface area contributed by atoms with E-state index in [1.165, 1.54) is 0 Å². The van der Waals surface area contributed by atoms with Crippen LogP contribution in [0.15, 0.2) is 21.2 Å². The van der Waals surface area contributed by atoms with Crippen molar-refractivity contribution in [2.24, 2.45) is 5.92 Å². The first-order valence-corrected chi connectivity index (χ1v) is 6.23. The van der Waals surface area contributed by atoms with Gasteiger partial charge in [0.15, 0.2) is 0 Å². The Morgan fingerprint density at radius 1 is 1.43 bits per heavy atom. The van der Waals surface area contributed by atoms with Crippen molar-refractivity contribution in [1.29, 1.82) is 0 Å². The maximum absolute atomic E-state index is 4.27. The lowest BCUT2D eigenvalue weighted by molar-refractivity contribution is 0.606. The Morgan fingerprint density at radius 2 is 2.14 bits per heavy atom. The fraction of sp³-hybridized carbons (Fsp3) is 0.500. The molecule has 0 saturated heterocycles. The van der Waals surface area contributed by atoms with E-state index in [9.17, 15) is 0 Å². The second-order valence-electron chi connectivity index (χ2n) is 3.59. The number of pyridine rings is 1. The normalized spacial score (nSPS) is 10.6. The van der Waals surface area contributed by atoms with Crippen LogP contribution < -0.4 is 5.32 Å². The Bertz CT molecular complexity index is 300. The second-order valence-corrected chi connectivity index (χ2v) is 5.36. The van der Waals surface area contributed by atoms with Gasteiger partial charge < -0.3 is 5.32 Å². The van der Waals surface area contributed by atoms with Crippen LogP contribution in [0.5, 0.6) is 0 Å². The molecule has 0 aliphatic rings. The second kappa shape index (κ2) is 5.71. The molecule has 2 nitrogen and oxygen atoms in total. The predicted octanol–water partition coefficient (Wildman–Crippen LogP) is 4.06. The number of aromatic nitrogens is 1. The average molecular weight is 322 g/mol. The highest BCUT2D eigenvalue weighted by Crippen LogP contribution is 2.23. The molecule has 0 bridgehead atoms. The van der Waals surface area contributed by atoms with Gasteiger partial charge in [-0.1, -0.05) is 13.8 Å². The Hall–Kier alpha value is -0.0900. The van der Waals surface area contributed by atoms with E-state index < -0.39 is 0 Å². The van der Waals surface area contributed by atoms with Crippen LogP contribution >= 0.6 is 31.9 Å². The van der Waals surface area contributed by atoms with Crippen LogP contribution in [0.1, 0.15) is 20.3 Å². The molecule has 0 amide bonds. The van der Waals surface area contributed by atoms with Crippen LogP contribution in [0.3, 0.4) is 0 Å². The van der Waals surface area contributed by atoms with Crippen molar-refractivity contribution in [2.45, 2.75) is 20.3 Å². The number of anilines is 1. The van der Waals surface area contributed by atoms with Crippen LogP contribution in [-0.2, 0) is 0 Å². The van der Waals surface area contributed by atoms with Crippen molar-refractivity contribution < 1.29 is 0 Å². The smallest absolute Gasteiger partial charge is 0.140 e. The molecule has 0 aliphatic heterocycles. The van der Waals surface area contributed by atoms with Gasteiger partial charge in [0, 0.05) is 17.2 Å². The van der Waals surface area contributed by atoms with Crippen molar-refractivity contribution in [3.8, 4) is 0 Å². The van der Waals surface area contributed by atoms with E-state index in [2.05, 4.69) is 56.0 Å². The number of nitrogens with zero attached hydrogens (tertiary/aromatic N) is 1. The highest BCUT2D eigenvalue weighted by molar-refractivity contribution is 9.11. The maximum Gasteiger partial charge on any atom is 0.140 e. The van der Waals surface area contributed by atoms with Gasteiger partial charge in [-0.2, -0.15) is 0 Å². The minimum Gasteiger partial charge on any atom is -0.369 e. The first-order valence-electron chi connectivity index (χ1n) is 4.64. The lowest BCUT2D eigenvalue weighted by Crippen LogP contribution is -2.06. The first kappa shape index (κ1) is 12.0. The molecule has 4 heteroatoms. The molecule has 0 fully saturated rings. The molecule has 1 rings (SSSR count). The van der Waals surface area contributed by atoms with E-state index in [1.54, 1.807) is 6.20 Å². The molecule has 14 heavy (non-hydrogen) atoms. The minimum atomic E-state index is 0.719. The zero-order chi connectivity index (χ0) is 10.6. The molecule has 0 radical (unpaired) electrons. The summed E-state index contributed by atoms with van der Waals surface area (Å²) in [7, 11) is 0. The van der Waals surface area contributed by atoms with Crippen molar-refractivity contribution in [1.82, 2.24) is 4.98 Å². The van der Waals surface area contributed by atoms with Crippen LogP contribution in [0.2, 0.25) is 0 Å². The molecule has 1 aromatic rings. The van der Waals surface area contributed by atoms with Crippen LogP contribution in [0, 0.1) is 5.92 Å². The Labute approximate surface area is 102 Å². The fourth-order valence-corrected chi connectivity index (χ4v) is 2.15. The fourth-order valence-electron chi connectivity index (χ4n) is 1.02. The Balaban J connectivity index is 2.51. The topological polar surface area (TPSA) is 24.9 Å². The summed E-state index contributed by atoms with van der Waals surface area (Å²) < 4.78 is 1.98. The lowest BCUT2D eigenvalue weighted by atomic mass is 10.1. The van der Waals surface area contributed by atoms with Gasteiger partial charge in [0.2, 0.25) is 0 Å². The zero-order valence-electron chi connectivity index (χ0n) is 8.35. The van der Waals surface area contributed by atoms with Crippen LogP contribution in [-0.4, -0.2) is 11.5 Å². The number of nitrogens with one attached hydrogen (secondary N) is 1. The van der Waals surface area contributed by atoms with Crippen LogP contribution in [0.25, 0.3) is 0 Å². The minimum absolute atomic E-state index is 0.719. The number of rotatable bonds is 4. The van der Waals surface area contributed by atoms with Crippen molar-refractivity contribution >= 4 is 37.7 Å². The molecule has 0 spiro atoms. The molecule has 1 heterocycles. The molecule has 0 atom stereocenters. The van der Waals surface area contributed by atoms with E-state index in [4.69, 9.17) is 0 Å². The molecule has 1 aromatic heterocycles. The van der Waals surface area contributed by atoms with Gasteiger partial charge in [0.1, 0.15) is 5.82 Å². The third-order valence-electron chi connectivity index (χ3n) is 1.82. The van der Waals surface area contributed by atoms with Gasteiger partial charge in [0.25, 0.3) is 0 Å². The summed E-state index contributed by atoms with van der Waals surface area (Å²) in [6, 6.07) is 1.99. The summed E-state index contributed by atoms with van der Waals surface area (Å²) in [4.78, 5) is 4.27. The SMILES string of the molecule is CC(C)CCNc1ncc(Br)cc1Br. The Morgan fingerprint density at radius 3 is 2.71 bits per heavy atom. The van der Waals surface area contributed by atoms with Gasteiger partial charge >= 0.3 is 0 Å². The molecule has 78 valence electrons. The van der Waals surface area contributed by atoms with Gasteiger partial charge in [-0.3, -0.25) is 0 Å². The number of hydrogen-bond acceptors (Lipinski definition) is 2. The van der Waals surface area contributed by atoms with Gasteiger partial charge in [-0.05, 0) is 50.3 Å². The third-order valence-corrected chi connectivity index (χ3v) is 2.86. The van der Waals surface area contributed by atoms with Crippen molar-refractivity contribution in [3.63, 3.8) is 0 Å². The standard InChI is InChI=1S/C10H14Br2N2/c1-7(2)3-4-13-10-9(12)5-8(11)6-14-10/h5-7H,3-4H2,1-2H3,(H,13,14). The van der Waals surface area contributed by atoms with E-state index in [0.717, 1.165) is 33.6 Å². The van der Waals surface area contributed by atoms with Crippen molar-refractivity contribution in [2.75, 3.05) is 11.9 Å². The van der Waals surface area contributed by atoms with E-state index in [-0.39, 0.29) is 0 Å². The molecule has 0 unspecified atom stereocenters. The van der Waals surface area contributed by atoms with E-state index in [1.807, 2.05) is 6.07 Å². The quantitative estimate of drug-likeness (QED) is 0.904. The maximum atomic E-state index is 4.27. The third kappa shape index (κ3) is 3.96. The molecular formula is C10H14Br2N2. The van der Waals surface area contributed by atoms with Crippen molar-refractivity contribution in [3.05, 3.63) is 21.2 Å². The zero-order valence-corrected chi connectivity index (χ0v) is 11.5. The predicted molar refractivity (Wildman–Crippen MR) is 67.6 cm³/mol. The summed E-state index contributed by atoms with van der Waals surface area (Å²) in [5.74, 6) is 1.63.